The van der Waals surface area contributed by atoms with Crippen molar-refractivity contribution in [2.75, 3.05) is 0 Å². The molecular weight excluding hydrogens is 464 g/mol. The molecule has 2 N–H and O–H groups in total. The number of aryl methyl sites for hydroxylation is 1. The summed E-state index contributed by atoms with van der Waals surface area (Å²) in [6.45, 7) is 0. The standard InChI is InChI=1S/C32H32O5/c33-25-14-11-23(12-15-25)29-19-13-24-21-26(34)16-20-30(24)32(29)37-28-17-9-22(10-18-28)5-4-8-31(35)36-27-6-2-1-3-7-27/h9-21,27,33-34H,1-8H2. The van der Waals surface area contributed by atoms with Gasteiger partial charge in [-0.25, -0.2) is 0 Å². The second kappa shape index (κ2) is 11.4. The highest BCUT2D eigenvalue weighted by Gasteiger charge is 2.17. The normalized spacial score (nSPS) is 13.9. The van der Waals surface area contributed by atoms with E-state index in [4.69, 9.17) is 9.47 Å². The maximum atomic E-state index is 12.2. The summed E-state index contributed by atoms with van der Waals surface area (Å²) in [6.07, 6.45) is 7.66. The van der Waals surface area contributed by atoms with Crippen LogP contribution in [0.15, 0.2) is 78.9 Å². The van der Waals surface area contributed by atoms with Crippen molar-refractivity contribution < 1.29 is 24.5 Å². The number of benzene rings is 4. The number of fused-ring (bicyclic) bond motifs is 1. The van der Waals surface area contributed by atoms with Gasteiger partial charge in [0.1, 0.15) is 29.1 Å². The number of phenols is 2. The third kappa shape index (κ3) is 6.23. The molecule has 4 aromatic carbocycles. The smallest absolute Gasteiger partial charge is 0.306 e. The Hall–Kier alpha value is -3.99. The number of aromatic hydroxyl groups is 2. The molecule has 5 heteroatoms. The summed E-state index contributed by atoms with van der Waals surface area (Å²) in [5.41, 5.74) is 2.94. The average Bonchev–Trinajstić information content (AvgIpc) is 2.91. The van der Waals surface area contributed by atoms with Crippen LogP contribution in [0.1, 0.15) is 50.5 Å². The van der Waals surface area contributed by atoms with Gasteiger partial charge in [0.2, 0.25) is 0 Å². The lowest BCUT2D eigenvalue weighted by Crippen LogP contribution is -2.20. The van der Waals surface area contributed by atoms with Crippen molar-refractivity contribution in [1.29, 1.82) is 0 Å². The van der Waals surface area contributed by atoms with Crippen LogP contribution in [0.3, 0.4) is 0 Å². The highest BCUT2D eigenvalue weighted by molar-refractivity contribution is 5.96. The van der Waals surface area contributed by atoms with Crippen molar-refractivity contribution in [2.24, 2.45) is 0 Å². The molecule has 0 spiro atoms. The van der Waals surface area contributed by atoms with E-state index in [9.17, 15) is 15.0 Å². The molecule has 1 saturated carbocycles. The quantitative estimate of drug-likeness (QED) is 0.242. The summed E-state index contributed by atoms with van der Waals surface area (Å²) in [4.78, 5) is 12.2. The molecule has 5 rings (SSSR count). The Morgan fingerprint density at radius 2 is 1.54 bits per heavy atom. The molecule has 190 valence electrons. The Morgan fingerprint density at radius 1 is 0.811 bits per heavy atom. The van der Waals surface area contributed by atoms with Gasteiger partial charge in [0.25, 0.3) is 0 Å². The van der Waals surface area contributed by atoms with Crippen molar-refractivity contribution >= 4 is 16.7 Å². The zero-order chi connectivity index (χ0) is 25.6. The van der Waals surface area contributed by atoms with Crippen LogP contribution in [-0.4, -0.2) is 22.3 Å². The molecule has 0 unspecified atom stereocenters. The van der Waals surface area contributed by atoms with Crippen molar-refractivity contribution in [3.05, 3.63) is 84.4 Å². The van der Waals surface area contributed by atoms with Gasteiger partial charge in [-0.15, -0.1) is 0 Å². The maximum absolute atomic E-state index is 12.2. The Morgan fingerprint density at radius 3 is 2.30 bits per heavy atom. The zero-order valence-electron chi connectivity index (χ0n) is 20.9. The van der Waals surface area contributed by atoms with E-state index < -0.39 is 0 Å². The molecule has 0 aliphatic heterocycles. The fourth-order valence-electron chi connectivity index (χ4n) is 4.97. The minimum absolute atomic E-state index is 0.0874. The summed E-state index contributed by atoms with van der Waals surface area (Å²) < 4.78 is 12.0. The lowest BCUT2D eigenvalue weighted by molar-refractivity contribution is -0.150. The van der Waals surface area contributed by atoms with Gasteiger partial charge in [-0.3, -0.25) is 4.79 Å². The monoisotopic (exact) mass is 496 g/mol. The Balaban J connectivity index is 1.28. The largest absolute Gasteiger partial charge is 0.508 e. The van der Waals surface area contributed by atoms with E-state index in [1.54, 1.807) is 24.3 Å². The average molecular weight is 497 g/mol. The van der Waals surface area contributed by atoms with E-state index in [2.05, 4.69) is 0 Å². The maximum Gasteiger partial charge on any atom is 0.306 e. The molecule has 0 amide bonds. The van der Waals surface area contributed by atoms with Crippen LogP contribution in [-0.2, 0) is 16.0 Å². The molecule has 0 bridgehead atoms. The SMILES string of the molecule is O=C(CCCc1ccc(Oc2c(-c3ccc(O)cc3)ccc3cc(O)ccc23)cc1)OC1CCCCC1. The molecule has 0 heterocycles. The molecule has 5 nitrogen and oxygen atoms in total. The predicted octanol–water partition coefficient (Wildman–Crippen LogP) is 7.91. The van der Waals surface area contributed by atoms with Gasteiger partial charge in [0.05, 0.1) is 0 Å². The number of phenolic OH excluding ortho intramolecular Hbond substituents is 2. The lowest BCUT2D eigenvalue weighted by Gasteiger charge is -2.21. The van der Waals surface area contributed by atoms with E-state index >= 15 is 0 Å². The summed E-state index contributed by atoms with van der Waals surface area (Å²) in [5, 5.41) is 21.4. The third-order valence-electron chi connectivity index (χ3n) is 6.97. The number of ether oxygens (including phenoxy) is 2. The van der Waals surface area contributed by atoms with Crippen molar-refractivity contribution in [3.63, 3.8) is 0 Å². The molecule has 1 aliphatic rings. The third-order valence-corrected chi connectivity index (χ3v) is 6.97. The minimum Gasteiger partial charge on any atom is -0.508 e. The van der Waals surface area contributed by atoms with Crippen LogP contribution in [0, 0.1) is 0 Å². The number of hydrogen-bond acceptors (Lipinski definition) is 5. The number of carbonyl (C=O) groups is 1. The van der Waals surface area contributed by atoms with E-state index in [-0.39, 0.29) is 23.6 Å². The highest BCUT2D eigenvalue weighted by atomic mass is 16.5. The van der Waals surface area contributed by atoms with Gasteiger partial charge < -0.3 is 19.7 Å². The zero-order valence-corrected chi connectivity index (χ0v) is 20.9. The molecule has 4 aromatic rings. The van der Waals surface area contributed by atoms with Crippen LogP contribution >= 0.6 is 0 Å². The van der Waals surface area contributed by atoms with E-state index in [1.165, 1.54) is 6.42 Å². The van der Waals surface area contributed by atoms with Crippen LogP contribution in [0.4, 0.5) is 0 Å². The Bertz CT molecular complexity index is 1350. The topological polar surface area (TPSA) is 76.0 Å². The van der Waals surface area contributed by atoms with E-state index in [0.717, 1.165) is 66.0 Å². The van der Waals surface area contributed by atoms with Gasteiger partial charge in [0, 0.05) is 17.4 Å². The highest BCUT2D eigenvalue weighted by Crippen LogP contribution is 2.41. The second-order valence-corrected chi connectivity index (χ2v) is 9.74. The van der Waals surface area contributed by atoms with Gasteiger partial charge in [-0.1, -0.05) is 36.8 Å². The summed E-state index contributed by atoms with van der Waals surface area (Å²) in [5.74, 6) is 1.69. The molecule has 0 aromatic heterocycles. The van der Waals surface area contributed by atoms with Gasteiger partial charge in [-0.05, 0) is 104 Å². The first-order valence-electron chi connectivity index (χ1n) is 13.1. The lowest BCUT2D eigenvalue weighted by atomic mass is 9.98. The fraction of sp³-hybridized carbons (Fsp3) is 0.281. The molecular formula is C32H32O5. The molecule has 0 saturated heterocycles. The van der Waals surface area contributed by atoms with Crippen molar-refractivity contribution in [2.45, 2.75) is 57.5 Å². The Labute approximate surface area is 217 Å². The summed E-state index contributed by atoms with van der Waals surface area (Å²) in [6, 6.07) is 24.1. The first-order valence-corrected chi connectivity index (χ1v) is 13.1. The van der Waals surface area contributed by atoms with Crippen molar-refractivity contribution in [3.8, 4) is 34.1 Å². The van der Waals surface area contributed by atoms with E-state index in [0.29, 0.717) is 17.9 Å². The predicted molar refractivity (Wildman–Crippen MR) is 145 cm³/mol. The molecule has 0 radical (unpaired) electrons. The van der Waals surface area contributed by atoms with Gasteiger partial charge >= 0.3 is 5.97 Å². The van der Waals surface area contributed by atoms with Gasteiger partial charge in [0.15, 0.2) is 0 Å². The number of hydrogen-bond donors (Lipinski definition) is 2. The molecule has 37 heavy (non-hydrogen) atoms. The summed E-state index contributed by atoms with van der Waals surface area (Å²) >= 11 is 0. The fourth-order valence-corrected chi connectivity index (χ4v) is 4.97. The molecule has 0 atom stereocenters. The minimum atomic E-state index is -0.0874. The van der Waals surface area contributed by atoms with Gasteiger partial charge in [-0.2, -0.15) is 0 Å². The Kier molecular flexibility index (Phi) is 7.59. The summed E-state index contributed by atoms with van der Waals surface area (Å²) in [7, 11) is 0. The number of esters is 1. The first kappa shape index (κ1) is 24.7. The van der Waals surface area contributed by atoms with Crippen LogP contribution in [0.25, 0.3) is 21.9 Å². The van der Waals surface area contributed by atoms with Crippen LogP contribution in [0.5, 0.6) is 23.0 Å². The number of rotatable bonds is 8. The van der Waals surface area contributed by atoms with E-state index in [1.807, 2.05) is 54.6 Å². The molecule has 1 aliphatic carbocycles. The first-order chi connectivity index (χ1) is 18.0. The van der Waals surface area contributed by atoms with Crippen LogP contribution < -0.4 is 4.74 Å². The number of carbonyl (C=O) groups excluding carboxylic acids is 1. The van der Waals surface area contributed by atoms with Crippen LogP contribution in [0.2, 0.25) is 0 Å². The molecule has 1 fully saturated rings. The van der Waals surface area contributed by atoms with Crippen molar-refractivity contribution in [1.82, 2.24) is 0 Å². The second-order valence-electron chi connectivity index (χ2n) is 9.74.